The van der Waals surface area contributed by atoms with Gasteiger partial charge in [0.1, 0.15) is 5.82 Å². The number of nitrogens with two attached hydrogens (primary N) is 1. The van der Waals surface area contributed by atoms with Crippen molar-refractivity contribution < 1.29 is 4.74 Å². The summed E-state index contributed by atoms with van der Waals surface area (Å²) in [5.74, 6) is 0.942. The van der Waals surface area contributed by atoms with Gasteiger partial charge in [0.15, 0.2) is 0 Å². The van der Waals surface area contributed by atoms with E-state index in [4.69, 9.17) is 10.5 Å². The molecule has 0 amide bonds. The Balaban J connectivity index is 1.92. The summed E-state index contributed by atoms with van der Waals surface area (Å²) in [7, 11) is 2.03. The van der Waals surface area contributed by atoms with Gasteiger partial charge in [-0.25, -0.2) is 4.98 Å². The first-order valence-corrected chi connectivity index (χ1v) is 5.73. The van der Waals surface area contributed by atoms with Crippen LogP contribution >= 0.6 is 0 Å². The highest BCUT2D eigenvalue weighted by atomic mass is 16.5. The van der Waals surface area contributed by atoms with Gasteiger partial charge in [-0.3, -0.25) is 0 Å². The first-order valence-electron chi connectivity index (χ1n) is 5.73. The van der Waals surface area contributed by atoms with E-state index in [9.17, 15) is 0 Å². The molecule has 0 aliphatic carbocycles. The molecule has 0 bridgehead atoms. The maximum atomic E-state index is 5.78. The van der Waals surface area contributed by atoms with Gasteiger partial charge in [0, 0.05) is 13.6 Å². The molecule has 1 aliphatic heterocycles. The lowest BCUT2D eigenvalue weighted by molar-refractivity contribution is 0.0606. The number of pyridine rings is 1. The molecule has 4 nitrogen and oxygen atoms in total. The highest BCUT2D eigenvalue weighted by Gasteiger charge is 2.23. The Morgan fingerprint density at radius 3 is 2.88 bits per heavy atom. The summed E-state index contributed by atoms with van der Waals surface area (Å²) in [4.78, 5) is 6.40. The number of nitrogens with zero attached hydrogens (tertiary/aromatic N) is 2. The van der Waals surface area contributed by atoms with Crippen LogP contribution in [-0.4, -0.2) is 30.8 Å². The van der Waals surface area contributed by atoms with Gasteiger partial charge < -0.3 is 15.4 Å². The molecule has 0 saturated carbocycles. The van der Waals surface area contributed by atoms with Crippen molar-refractivity contribution in [2.24, 2.45) is 0 Å². The van der Waals surface area contributed by atoms with Crippen molar-refractivity contribution in [1.29, 1.82) is 0 Å². The monoisotopic (exact) mass is 221 g/mol. The van der Waals surface area contributed by atoms with Crippen LogP contribution in [0.1, 0.15) is 19.8 Å². The van der Waals surface area contributed by atoms with Crippen molar-refractivity contribution >= 4 is 11.5 Å². The molecule has 0 aromatic carbocycles. The Kier molecular flexibility index (Phi) is 3.29. The smallest absolute Gasteiger partial charge is 0.128 e. The molecule has 0 radical (unpaired) electrons. The molecule has 2 N–H and O–H groups in total. The molecule has 1 fully saturated rings. The lowest BCUT2D eigenvalue weighted by Crippen LogP contribution is -2.29. The minimum atomic E-state index is 0.333. The zero-order valence-electron chi connectivity index (χ0n) is 9.89. The van der Waals surface area contributed by atoms with Crippen molar-refractivity contribution in [1.82, 2.24) is 4.98 Å². The molecule has 88 valence electrons. The van der Waals surface area contributed by atoms with E-state index in [-0.39, 0.29) is 0 Å². The molecule has 1 aromatic heterocycles. The molecule has 1 aliphatic rings. The SMILES string of the molecule is CC1CCC(CN(C)c2ccc(N)cn2)O1. The van der Waals surface area contributed by atoms with Crippen LogP contribution in [0.15, 0.2) is 18.3 Å². The van der Waals surface area contributed by atoms with Crippen LogP contribution in [0.25, 0.3) is 0 Å². The Labute approximate surface area is 96.4 Å². The summed E-state index contributed by atoms with van der Waals surface area (Å²) < 4.78 is 5.78. The van der Waals surface area contributed by atoms with E-state index in [1.165, 1.54) is 0 Å². The number of rotatable bonds is 3. The fourth-order valence-corrected chi connectivity index (χ4v) is 2.04. The summed E-state index contributed by atoms with van der Waals surface area (Å²) in [5.41, 5.74) is 6.30. The summed E-state index contributed by atoms with van der Waals surface area (Å²) in [5, 5.41) is 0. The summed E-state index contributed by atoms with van der Waals surface area (Å²) in [6.07, 6.45) is 4.72. The second-order valence-corrected chi connectivity index (χ2v) is 4.48. The first-order chi connectivity index (χ1) is 7.65. The third-order valence-electron chi connectivity index (χ3n) is 2.96. The predicted octanol–water partition coefficient (Wildman–Crippen LogP) is 1.67. The van der Waals surface area contributed by atoms with E-state index >= 15 is 0 Å². The molecular formula is C12H19N3O. The third kappa shape index (κ3) is 2.64. The highest BCUT2D eigenvalue weighted by Crippen LogP contribution is 2.21. The highest BCUT2D eigenvalue weighted by molar-refractivity contribution is 5.45. The number of likely N-dealkylation sites (N-methyl/N-ethyl adjacent to an activating group) is 1. The van der Waals surface area contributed by atoms with Gasteiger partial charge in [-0.15, -0.1) is 0 Å². The van der Waals surface area contributed by atoms with Crippen molar-refractivity contribution in [2.75, 3.05) is 24.2 Å². The number of hydrogen-bond donors (Lipinski definition) is 1. The predicted molar refractivity (Wildman–Crippen MR) is 65.5 cm³/mol. The van der Waals surface area contributed by atoms with E-state index in [1.807, 2.05) is 19.2 Å². The Morgan fingerprint density at radius 1 is 1.50 bits per heavy atom. The fraction of sp³-hybridized carbons (Fsp3) is 0.583. The number of hydrogen-bond acceptors (Lipinski definition) is 4. The van der Waals surface area contributed by atoms with Gasteiger partial charge in [-0.05, 0) is 31.9 Å². The van der Waals surface area contributed by atoms with E-state index in [0.717, 1.165) is 25.2 Å². The zero-order valence-corrected chi connectivity index (χ0v) is 9.89. The van der Waals surface area contributed by atoms with Crippen molar-refractivity contribution in [3.8, 4) is 0 Å². The average molecular weight is 221 g/mol. The van der Waals surface area contributed by atoms with Crippen LogP contribution in [0.3, 0.4) is 0 Å². The van der Waals surface area contributed by atoms with E-state index in [1.54, 1.807) is 6.20 Å². The largest absolute Gasteiger partial charge is 0.397 e. The van der Waals surface area contributed by atoms with E-state index in [0.29, 0.717) is 17.9 Å². The van der Waals surface area contributed by atoms with Crippen molar-refractivity contribution in [2.45, 2.75) is 32.0 Å². The summed E-state index contributed by atoms with van der Waals surface area (Å²) in [6, 6.07) is 3.81. The second-order valence-electron chi connectivity index (χ2n) is 4.48. The van der Waals surface area contributed by atoms with Crippen molar-refractivity contribution in [3.05, 3.63) is 18.3 Å². The van der Waals surface area contributed by atoms with Crippen LogP contribution in [0.2, 0.25) is 0 Å². The average Bonchev–Trinajstić information content (AvgIpc) is 2.65. The molecule has 1 saturated heterocycles. The molecule has 2 atom stereocenters. The number of aromatic nitrogens is 1. The minimum absolute atomic E-state index is 0.333. The van der Waals surface area contributed by atoms with Crippen LogP contribution in [-0.2, 0) is 4.74 Å². The summed E-state index contributed by atoms with van der Waals surface area (Å²) in [6.45, 7) is 3.02. The molecule has 1 aromatic rings. The van der Waals surface area contributed by atoms with Crippen LogP contribution in [0, 0.1) is 0 Å². The molecule has 2 rings (SSSR count). The fourth-order valence-electron chi connectivity index (χ4n) is 2.04. The van der Waals surface area contributed by atoms with Gasteiger partial charge in [0.2, 0.25) is 0 Å². The second kappa shape index (κ2) is 4.70. The Bertz CT molecular complexity index is 339. The molecule has 2 heterocycles. The lowest BCUT2D eigenvalue weighted by Gasteiger charge is -2.22. The Morgan fingerprint density at radius 2 is 2.31 bits per heavy atom. The third-order valence-corrected chi connectivity index (χ3v) is 2.96. The first kappa shape index (κ1) is 11.2. The summed E-state index contributed by atoms with van der Waals surface area (Å²) >= 11 is 0. The Hall–Kier alpha value is -1.29. The van der Waals surface area contributed by atoms with Crippen LogP contribution < -0.4 is 10.6 Å². The minimum Gasteiger partial charge on any atom is -0.397 e. The van der Waals surface area contributed by atoms with E-state index < -0.39 is 0 Å². The van der Waals surface area contributed by atoms with Gasteiger partial charge >= 0.3 is 0 Å². The normalized spacial score (nSPS) is 24.6. The van der Waals surface area contributed by atoms with E-state index in [2.05, 4.69) is 16.8 Å². The topological polar surface area (TPSA) is 51.4 Å². The number of ether oxygens (including phenoxy) is 1. The van der Waals surface area contributed by atoms with Gasteiger partial charge in [-0.2, -0.15) is 0 Å². The van der Waals surface area contributed by atoms with Crippen LogP contribution in [0.5, 0.6) is 0 Å². The maximum Gasteiger partial charge on any atom is 0.128 e. The number of nitrogen functional groups attached to an aromatic ring is 1. The molecule has 4 heteroatoms. The molecule has 16 heavy (non-hydrogen) atoms. The van der Waals surface area contributed by atoms with Gasteiger partial charge in [-0.1, -0.05) is 0 Å². The molecular weight excluding hydrogens is 202 g/mol. The van der Waals surface area contributed by atoms with Crippen LogP contribution in [0.4, 0.5) is 11.5 Å². The number of anilines is 2. The quantitative estimate of drug-likeness (QED) is 0.843. The zero-order chi connectivity index (χ0) is 11.5. The van der Waals surface area contributed by atoms with Gasteiger partial charge in [0.25, 0.3) is 0 Å². The van der Waals surface area contributed by atoms with Crippen molar-refractivity contribution in [3.63, 3.8) is 0 Å². The molecule has 0 spiro atoms. The lowest BCUT2D eigenvalue weighted by atomic mass is 10.2. The van der Waals surface area contributed by atoms with Gasteiger partial charge in [0.05, 0.1) is 24.1 Å². The standard InChI is InChI=1S/C12H19N3O/c1-9-3-5-11(16-9)8-15(2)12-6-4-10(13)7-14-12/h4,6-7,9,11H,3,5,8,13H2,1-2H3. The molecule has 2 unspecified atom stereocenters. The maximum absolute atomic E-state index is 5.78.